The van der Waals surface area contributed by atoms with Gasteiger partial charge in [-0.15, -0.1) is 6.58 Å². The van der Waals surface area contributed by atoms with Crippen molar-refractivity contribution in [2.45, 2.75) is 39.2 Å². The SMILES string of the molecule is C=CCCCC(C)NC(=O)c1ccc(C(=O)O)c(C)n1. The number of amides is 1. The van der Waals surface area contributed by atoms with E-state index in [0.717, 1.165) is 19.3 Å². The molecule has 20 heavy (non-hydrogen) atoms. The van der Waals surface area contributed by atoms with Crippen molar-refractivity contribution < 1.29 is 14.7 Å². The van der Waals surface area contributed by atoms with E-state index in [1.807, 2.05) is 13.0 Å². The molecule has 0 saturated carbocycles. The third kappa shape index (κ3) is 4.50. The number of pyridine rings is 1. The van der Waals surface area contributed by atoms with E-state index in [0.29, 0.717) is 5.69 Å². The molecule has 1 amide bonds. The van der Waals surface area contributed by atoms with Crippen LogP contribution in [-0.2, 0) is 0 Å². The van der Waals surface area contributed by atoms with Crippen molar-refractivity contribution in [3.05, 3.63) is 41.7 Å². The van der Waals surface area contributed by atoms with E-state index >= 15 is 0 Å². The highest BCUT2D eigenvalue weighted by Gasteiger charge is 2.14. The number of carboxylic acid groups (broad SMARTS) is 1. The summed E-state index contributed by atoms with van der Waals surface area (Å²) in [4.78, 5) is 26.9. The van der Waals surface area contributed by atoms with Crippen LogP contribution in [0.2, 0.25) is 0 Å². The number of carbonyl (C=O) groups excluding carboxylic acids is 1. The monoisotopic (exact) mass is 276 g/mol. The van der Waals surface area contributed by atoms with E-state index in [4.69, 9.17) is 5.11 Å². The van der Waals surface area contributed by atoms with Gasteiger partial charge in [-0.25, -0.2) is 9.78 Å². The largest absolute Gasteiger partial charge is 0.478 e. The van der Waals surface area contributed by atoms with Gasteiger partial charge in [-0.2, -0.15) is 0 Å². The van der Waals surface area contributed by atoms with Gasteiger partial charge in [0.1, 0.15) is 5.69 Å². The van der Waals surface area contributed by atoms with Crippen LogP contribution < -0.4 is 5.32 Å². The summed E-state index contributed by atoms with van der Waals surface area (Å²) < 4.78 is 0. The smallest absolute Gasteiger partial charge is 0.337 e. The summed E-state index contributed by atoms with van der Waals surface area (Å²) >= 11 is 0. The van der Waals surface area contributed by atoms with Crippen LogP contribution in [0.5, 0.6) is 0 Å². The molecule has 108 valence electrons. The highest BCUT2D eigenvalue weighted by molar-refractivity contribution is 5.94. The minimum Gasteiger partial charge on any atom is -0.478 e. The molecule has 0 aliphatic heterocycles. The molecule has 5 nitrogen and oxygen atoms in total. The predicted octanol–water partition coefficient (Wildman–Crippen LogP) is 2.56. The Hall–Kier alpha value is -2.17. The van der Waals surface area contributed by atoms with Gasteiger partial charge in [0.05, 0.1) is 11.3 Å². The van der Waals surface area contributed by atoms with Crippen LogP contribution in [0.25, 0.3) is 0 Å². The van der Waals surface area contributed by atoms with Crippen LogP contribution in [-0.4, -0.2) is 28.0 Å². The molecule has 0 radical (unpaired) electrons. The maximum absolute atomic E-state index is 12.0. The number of unbranched alkanes of at least 4 members (excludes halogenated alkanes) is 1. The highest BCUT2D eigenvalue weighted by Crippen LogP contribution is 2.08. The number of aromatic carboxylic acids is 1. The van der Waals surface area contributed by atoms with Crippen molar-refractivity contribution in [1.82, 2.24) is 10.3 Å². The Kier molecular flexibility index (Phi) is 5.90. The average molecular weight is 276 g/mol. The molecule has 1 rings (SSSR count). The van der Waals surface area contributed by atoms with Gasteiger partial charge in [0, 0.05) is 6.04 Å². The minimum atomic E-state index is -1.04. The number of rotatable bonds is 7. The fourth-order valence-corrected chi connectivity index (χ4v) is 1.85. The Morgan fingerprint density at radius 1 is 1.50 bits per heavy atom. The van der Waals surface area contributed by atoms with E-state index in [9.17, 15) is 9.59 Å². The first-order chi connectivity index (χ1) is 9.45. The number of nitrogens with one attached hydrogen (secondary N) is 1. The van der Waals surface area contributed by atoms with Crippen molar-refractivity contribution in [1.29, 1.82) is 0 Å². The molecule has 0 bridgehead atoms. The normalized spacial score (nSPS) is 11.7. The van der Waals surface area contributed by atoms with Gasteiger partial charge >= 0.3 is 5.97 Å². The van der Waals surface area contributed by atoms with Crippen molar-refractivity contribution in [2.24, 2.45) is 0 Å². The lowest BCUT2D eigenvalue weighted by atomic mass is 10.1. The van der Waals surface area contributed by atoms with E-state index in [1.165, 1.54) is 12.1 Å². The Labute approximate surface area is 118 Å². The summed E-state index contributed by atoms with van der Waals surface area (Å²) in [6, 6.07) is 2.88. The fraction of sp³-hybridized carbons (Fsp3) is 0.400. The molecular weight excluding hydrogens is 256 g/mol. The predicted molar refractivity (Wildman–Crippen MR) is 76.9 cm³/mol. The summed E-state index contributed by atoms with van der Waals surface area (Å²) in [5, 5.41) is 11.8. The minimum absolute atomic E-state index is 0.0451. The fourth-order valence-electron chi connectivity index (χ4n) is 1.85. The van der Waals surface area contributed by atoms with Gasteiger partial charge in [-0.3, -0.25) is 4.79 Å². The van der Waals surface area contributed by atoms with E-state index in [2.05, 4.69) is 16.9 Å². The molecule has 0 aliphatic carbocycles. The number of aryl methyl sites for hydroxylation is 1. The molecule has 1 aromatic rings. The summed E-state index contributed by atoms with van der Waals surface area (Å²) in [5.41, 5.74) is 0.688. The van der Waals surface area contributed by atoms with Gasteiger partial charge in [-0.1, -0.05) is 6.08 Å². The maximum atomic E-state index is 12.0. The zero-order chi connectivity index (χ0) is 15.1. The van der Waals surface area contributed by atoms with Crippen molar-refractivity contribution in [3.8, 4) is 0 Å². The number of aromatic nitrogens is 1. The number of hydrogen-bond donors (Lipinski definition) is 2. The lowest BCUT2D eigenvalue weighted by molar-refractivity contribution is 0.0694. The zero-order valence-corrected chi connectivity index (χ0v) is 11.8. The number of hydrogen-bond acceptors (Lipinski definition) is 3. The molecule has 1 aromatic heterocycles. The van der Waals surface area contributed by atoms with Gasteiger partial charge in [0.25, 0.3) is 5.91 Å². The number of carboxylic acids is 1. The van der Waals surface area contributed by atoms with E-state index in [1.54, 1.807) is 6.92 Å². The Morgan fingerprint density at radius 2 is 2.20 bits per heavy atom. The molecule has 5 heteroatoms. The van der Waals surface area contributed by atoms with Gasteiger partial charge in [-0.05, 0) is 45.2 Å². The summed E-state index contributed by atoms with van der Waals surface area (Å²) in [5.74, 6) is -1.32. The second-order valence-electron chi connectivity index (χ2n) is 4.73. The average Bonchev–Trinajstić information content (AvgIpc) is 2.38. The standard InChI is InChI=1S/C15H20N2O3/c1-4-5-6-7-10(2)16-14(18)13-9-8-12(15(19)20)11(3)17-13/h4,8-10H,1,5-7H2,2-3H3,(H,16,18)(H,19,20). The van der Waals surface area contributed by atoms with Crippen LogP contribution in [0.15, 0.2) is 24.8 Å². The summed E-state index contributed by atoms with van der Waals surface area (Å²) in [6.45, 7) is 7.16. The Balaban J connectivity index is 2.66. The van der Waals surface area contributed by atoms with E-state index in [-0.39, 0.29) is 23.2 Å². The summed E-state index contributed by atoms with van der Waals surface area (Å²) in [6.07, 6.45) is 4.61. The molecule has 0 spiro atoms. The van der Waals surface area contributed by atoms with Crippen molar-refractivity contribution in [2.75, 3.05) is 0 Å². The van der Waals surface area contributed by atoms with Gasteiger partial charge in [0.2, 0.25) is 0 Å². The van der Waals surface area contributed by atoms with Gasteiger partial charge < -0.3 is 10.4 Å². The van der Waals surface area contributed by atoms with Crippen LogP contribution in [0.4, 0.5) is 0 Å². The molecule has 0 fully saturated rings. The zero-order valence-electron chi connectivity index (χ0n) is 11.8. The highest BCUT2D eigenvalue weighted by atomic mass is 16.4. The molecule has 0 aliphatic rings. The van der Waals surface area contributed by atoms with E-state index < -0.39 is 5.97 Å². The van der Waals surface area contributed by atoms with Crippen LogP contribution in [0, 0.1) is 6.92 Å². The molecule has 1 atom stereocenters. The quantitative estimate of drug-likeness (QED) is 0.592. The third-order valence-corrected chi connectivity index (χ3v) is 2.97. The van der Waals surface area contributed by atoms with Crippen LogP contribution in [0.1, 0.15) is 52.7 Å². The van der Waals surface area contributed by atoms with Gasteiger partial charge in [0.15, 0.2) is 0 Å². The number of nitrogens with zero attached hydrogens (tertiary/aromatic N) is 1. The lowest BCUT2D eigenvalue weighted by Crippen LogP contribution is -2.33. The molecule has 2 N–H and O–H groups in total. The first-order valence-corrected chi connectivity index (χ1v) is 6.58. The lowest BCUT2D eigenvalue weighted by Gasteiger charge is -2.13. The first kappa shape index (κ1) is 15.9. The number of allylic oxidation sites excluding steroid dienone is 1. The topological polar surface area (TPSA) is 79.3 Å². The van der Waals surface area contributed by atoms with Crippen molar-refractivity contribution in [3.63, 3.8) is 0 Å². The molecule has 0 aromatic carbocycles. The third-order valence-electron chi connectivity index (χ3n) is 2.97. The molecule has 1 heterocycles. The Bertz CT molecular complexity index is 512. The van der Waals surface area contributed by atoms with Crippen LogP contribution in [0.3, 0.4) is 0 Å². The second kappa shape index (κ2) is 7.43. The second-order valence-corrected chi connectivity index (χ2v) is 4.73. The number of carbonyl (C=O) groups is 2. The van der Waals surface area contributed by atoms with Crippen LogP contribution >= 0.6 is 0 Å². The molecule has 0 saturated heterocycles. The maximum Gasteiger partial charge on any atom is 0.337 e. The Morgan fingerprint density at radius 3 is 2.75 bits per heavy atom. The summed E-state index contributed by atoms with van der Waals surface area (Å²) in [7, 11) is 0. The molecular formula is C15H20N2O3. The van der Waals surface area contributed by atoms with Crippen molar-refractivity contribution >= 4 is 11.9 Å². The first-order valence-electron chi connectivity index (χ1n) is 6.58. The molecule has 1 unspecified atom stereocenters.